The zero-order chi connectivity index (χ0) is 25.4. The van der Waals surface area contributed by atoms with Crippen molar-refractivity contribution >= 4 is 11.8 Å². The summed E-state index contributed by atoms with van der Waals surface area (Å²) in [7, 11) is 0. The summed E-state index contributed by atoms with van der Waals surface area (Å²) in [5.74, 6) is 2.54. The number of hydrogen-bond donors (Lipinski definition) is 0. The number of rotatable bonds is 6. The molecule has 0 aromatic carbocycles. The fourth-order valence-electron chi connectivity index (χ4n) is 9.06. The SMILES string of the molecule is CC(=O)O[C@@H]1CC[C@]2(C)C3=CC(=O)[C@@]4(C)[C@@H](CC[C@H]4[C@H](C)CC[C@H](C)C(C)C)[C@@]34CC[C@]2(C1)OO4. The first kappa shape index (κ1) is 25.4. The molecule has 4 aliphatic carbocycles. The van der Waals surface area contributed by atoms with Crippen LogP contribution in [0.5, 0.6) is 0 Å². The van der Waals surface area contributed by atoms with E-state index >= 15 is 0 Å². The maximum Gasteiger partial charge on any atom is 0.302 e. The molecule has 2 saturated heterocycles. The molecule has 196 valence electrons. The highest BCUT2D eigenvalue weighted by Crippen LogP contribution is 2.72. The highest BCUT2D eigenvalue weighted by molar-refractivity contribution is 5.98. The Balaban J connectivity index is 1.45. The lowest BCUT2D eigenvalue weighted by atomic mass is 9.44. The topological polar surface area (TPSA) is 61.8 Å². The largest absolute Gasteiger partial charge is 0.462 e. The van der Waals surface area contributed by atoms with E-state index in [1.54, 1.807) is 0 Å². The van der Waals surface area contributed by atoms with E-state index in [0.717, 1.165) is 38.5 Å². The molecule has 5 nitrogen and oxygen atoms in total. The van der Waals surface area contributed by atoms with E-state index in [9.17, 15) is 9.59 Å². The molecule has 2 heterocycles. The van der Waals surface area contributed by atoms with E-state index in [4.69, 9.17) is 14.5 Å². The number of carbonyl (C=O) groups excluding carboxylic acids is 2. The molecule has 3 saturated carbocycles. The second-order valence-electron chi connectivity index (χ2n) is 13.6. The normalized spacial score (nSPS) is 45.9. The zero-order valence-electron chi connectivity index (χ0n) is 22.9. The van der Waals surface area contributed by atoms with Crippen molar-refractivity contribution in [3.8, 4) is 0 Å². The van der Waals surface area contributed by atoms with E-state index in [2.05, 4.69) is 41.5 Å². The van der Waals surface area contributed by atoms with Crippen LogP contribution in [0.25, 0.3) is 0 Å². The van der Waals surface area contributed by atoms with Crippen molar-refractivity contribution in [3.05, 3.63) is 11.6 Å². The number of carbonyl (C=O) groups is 2. The minimum Gasteiger partial charge on any atom is -0.462 e. The second-order valence-corrected chi connectivity index (χ2v) is 13.6. The standard InChI is InChI=1S/C30H46O5/c1-18(2)19(3)8-9-20(4)23-10-11-24-28(23,7)26(32)16-25-27(6)13-12-22(33-21(5)31)17-29(27)14-15-30(24,25)35-34-29/h16,18-20,22-24H,8-15,17H2,1-7H3/t19-,20+,22+,23-,24+,27+,28+,29+,30-/m0/s1. The van der Waals surface area contributed by atoms with Crippen molar-refractivity contribution in [2.24, 2.45) is 40.4 Å². The number of ketones is 1. The molecular weight excluding hydrogens is 440 g/mol. The summed E-state index contributed by atoms with van der Waals surface area (Å²) < 4.78 is 5.60. The Hall–Kier alpha value is -1.20. The summed E-state index contributed by atoms with van der Waals surface area (Å²) in [6, 6.07) is 0. The Labute approximate surface area is 211 Å². The minimum absolute atomic E-state index is 0.148. The lowest BCUT2D eigenvalue weighted by Gasteiger charge is -2.68. The van der Waals surface area contributed by atoms with Crippen molar-refractivity contribution < 1.29 is 24.1 Å². The molecule has 0 amide bonds. The van der Waals surface area contributed by atoms with Gasteiger partial charge in [0.1, 0.15) is 17.3 Å². The average Bonchev–Trinajstić information content (AvgIpc) is 3.17. The van der Waals surface area contributed by atoms with Gasteiger partial charge in [-0.25, -0.2) is 9.78 Å². The molecule has 2 spiro atoms. The molecular formula is C30H46O5. The first-order valence-electron chi connectivity index (χ1n) is 14.2. The van der Waals surface area contributed by atoms with E-state index in [1.165, 1.54) is 25.3 Å². The van der Waals surface area contributed by atoms with Gasteiger partial charge >= 0.3 is 5.97 Å². The van der Waals surface area contributed by atoms with Gasteiger partial charge in [-0.05, 0) is 73.8 Å². The third kappa shape index (κ3) is 3.46. The van der Waals surface area contributed by atoms with Gasteiger partial charge in [-0.1, -0.05) is 54.4 Å². The Morgan fingerprint density at radius 3 is 2.43 bits per heavy atom. The molecule has 5 heteroatoms. The number of esters is 1. The number of allylic oxidation sites excluding steroid dienone is 1. The van der Waals surface area contributed by atoms with Crippen LogP contribution in [0.1, 0.15) is 106 Å². The average molecular weight is 487 g/mol. The highest BCUT2D eigenvalue weighted by Gasteiger charge is 2.75. The van der Waals surface area contributed by atoms with Crippen molar-refractivity contribution in [2.75, 3.05) is 0 Å². The fraction of sp³-hybridized carbons (Fsp3) is 0.867. The number of hydrogen-bond acceptors (Lipinski definition) is 5. The molecule has 9 atom stereocenters. The summed E-state index contributed by atoms with van der Waals surface area (Å²) in [5, 5.41) is 0. The number of fused-ring (bicyclic) bond motifs is 3. The Bertz CT molecular complexity index is 912. The van der Waals surface area contributed by atoms with Gasteiger partial charge in [0.2, 0.25) is 0 Å². The molecule has 0 aromatic rings. The highest BCUT2D eigenvalue weighted by atomic mass is 17.2. The van der Waals surface area contributed by atoms with Crippen molar-refractivity contribution in [2.45, 2.75) is 124 Å². The van der Waals surface area contributed by atoms with E-state index in [0.29, 0.717) is 35.9 Å². The Morgan fingerprint density at radius 1 is 1.06 bits per heavy atom. The minimum atomic E-state index is -0.523. The van der Waals surface area contributed by atoms with Crippen molar-refractivity contribution in [1.82, 2.24) is 0 Å². The molecule has 0 aromatic heterocycles. The summed E-state index contributed by atoms with van der Waals surface area (Å²) in [4.78, 5) is 38.6. The molecule has 0 unspecified atom stereocenters. The summed E-state index contributed by atoms with van der Waals surface area (Å²) >= 11 is 0. The summed E-state index contributed by atoms with van der Waals surface area (Å²) in [5.41, 5.74) is -0.486. The van der Waals surface area contributed by atoms with E-state index in [-0.39, 0.29) is 23.4 Å². The first-order chi connectivity index (χ1) is 16.4. The zero-order valence-corrected chi connectivity index (χ0v) is 22.9. The molecule has 35 heavy (non-hydrogen) atoms. The lowest BCUT2D eigenvalue weighted by Crippen LogP contribution is -2.72. The molecule has 0 radical (unpaired) electrons. The predicted molar refractivity (Wildman–Crippen MR) is 134 cm³/mol. The molecule has 0 N–H and O–H groups in total. The number of ether oxygens (including phenoxy) is 1. The van der Waals surface area contributed by atoms with Crippen molar-refractivity contribution in [3.63, 3.8) is 0 Å². The van der Waals surface area contributed by atoms with E-state index in [1.807, 2.05) is 6.08 Å². The first-order valence-corrected chi connectivity index (χ1v) is 14.2. The van der Waals surface area contributed by atoms with Gasteiger partial charge in [-0.15, -0.1) is 0 Å². The van der Waals surface area contributed by atoms with Crippen molar-refractivity contribution in [1.29, 1.82) is 0 Å². The maximum atomic E-state index is 14.1. The van der Waals surface area contributed by atoms with Gasteiger partial charge in [0.05, 0.1) is 0 Å². The maximum absolute atomic E-state index is 14.1. The van der Waals surface area contributed by atoms with Crippen LogP contribution < -0.4 is 0 Å². The Kier molecular flexibility index (Phi) is 6.12. The van der Waals surface area contributed by atoms with Crippen LogP contribution in [-0.2, 0) is 24.1 Å². The molecule has 2 aliphatic heterocycles. The third-order valence-electron chi connectivity index (χ3n) is 11.7. The Morgan fingerprint density at radius 2 is 1.80 bits per heavy atom. The van der Waals surface area contributed by atoms with Crippen LogP contribution in [0.2, 0.25) is 0 Å². The van der Waals surface area contributed by atoms with Gasteiger partial charge in [-0.3, -0.25) is 9.59 Å². The second kappa shape index (κ2) is 8.41. The fourth-order valence-corrected chi connectivity index (χ4v) is 9.06. The van der Waals surface area contributed by atoms with Crippen LogP contribution in [0, 0.1) is 40.4 Å². The van der Waals surface area contributed by atoms with Gasteiger partial charge < -0.3 is 4.74 Å². The summed E-state index contributed by atoms with van der Waals surface area (Å²) in [6.07, 6.45) is 10.4. The molecule has 5 fully saturated rings. The predicted octanol–water partition coefficient (Wildman–Crippen LogP) is 6.59. The quantitative estimate of drug-likeness (QED) is 0.313. The van der Waals surface area contributed by atoms with Crippen LogP contribution in [0.15, 0.2) is 11.6 Å². The molecule has 6 rings (SSSR count). The van der Waals surface area contributed by atoms with Gasteiger partial charge in [0, 0.05) is 30.1 Å². The smallest absolute Gasteiger partial charge is 0.302 e. The van der Waals surface area contributed by atoms with E-state index < -0.39 is 16.6 Å². The molecule has 2 bridgehead atoms. The van der Waals surface area contributed by atoms with Gasteiger partial charge in [-0.2, -0.15) is 0 Å². The lowest BCUT2D eigenvalue weighted by molar-refractivity contribution is -0.493. The van der Waals surface area contributed by atoms with Crippen LogP contribution >= 0.6 is 0 Å². The van der Waals surface area contributed by atoms with Crippen LogP contribution in [0.4, 0.5) is 0 Å². The third-order valence-corrected chi connectivity index (χ3v) is 11.7. The van der Waals surface area contributed by atoms with Gasteiger partial charge in [0.25, 0.3) is 0 Å². The van der Waals surface area contributed by atoms with Crippen LogP contribution in [-0.4, -0.2) is 29.1 Å². The molecule has 6 aliphatic rings. The van der Waals surface area contributed by atoms with Gasteiger partial charge in [0.15, 0.2) is 5.78 Å². The van der Waals surface area contributed by atoms with Crippen LogP contribution in [0.3, 0.4) is 0 Å². The monoisotopic (exact) mass is 486 g/mol. The summed E-state index contributed by atoms with van der Waals surface area (Å²) in [6.45, 7) is 15.3.